The summed E-state index contributed by atoms with van der Waals surface area (Å²) in [6.45, 7) is 8.75. The Hall–Kier alpha value is -0.740. The summed E-state index contributed by atoms with van der Waals surface area (Å²) in [7, 11) is 0. The summed E-state index contributed by atoms with van der Waals surface area (Å²) in [5.74, 6) is 0. The van der Waals surface area contributed by atoms with Crippen molar-refractivity contribution in [2.24, 2.45) is 0 Å². The zero-order valence-electron chi connectivity index (χ0n) is 7.18. The molecule has 0 fully saturated rings. The highest BCUT2D eigenvalue weighted by Gasteiger charge is 1.85. The standard InChI is InChI=1S/C11H17/c1-3-5-7-9-11-10-8-6-4-2/h1,4-5H,2,6-11H2. The molecule has 0 saturated carbocycles. The average Bonchev–Trinajstić information content (AvgIpc) is 2.03. The van der Waals surface area contributed by atoms with Crippen molar-refractivity contribution in [2.75, 3.05) is 0 Å². The van der Waals surface area contributed by atoms with Gasteiger partial charge in [0.05, 0.1) is 0 Å². The zero-order chi connectivity index (χ0) is 8.36. The minimum atomic E-state index is 1.07. The van der Waals surface area contributed by atoms with Crippen molar-refractivity contribution in [2.45, 2.75) is 38.5 Å². The molecule has 0 aliphatic heterocycles. The van der Waals surface area contributed by atoms with Gasteiger partial charge in [-0.25, -0.2) is 0 Å². The van der Waals surface area contributed by atoms with E-state index in [1.54, 1.807) is 0 Å². The lowest BCUT2D eigenvalue weighted by atomic mass is 10.1. The molecule has 0 saturated heterocycles. The normalized spacial score (nSPS) is 8.73. The van der Waals surface area contributed by atoms with Gasteiger partial charge in [-0.2, -0.15) is 0 Å². The van der Waals surface area contributed by atoms with Gasteiger partial charge in [-0.1, -0.05) is 18.9 Å². The second kappa shape index (κ2) is 9.26. The molecule has 0 aromatic rings. The first kappa shape index (κ1) is 10.3. The van der Waals surface area contributed by atoms with Crippen LogP contribution in [0.25, 0.3) is 0 Å². The van der Waals surface area contributed by atoms with Crippen molar-refractivity contribution in [3.63, 3.8) is 0 Å². The molecular weight excluding hydrogens is 132 g/mol. The van der Waals surface area contributed by atoms with Crippen LogP contribution in [-0.4, -0.2) is 0 Å². The third-order valence-corrected chi connectivity index (χ3v) is 1.62. The molecule has 0 rings (SSSR count). The molecule has 11 heavy (non-hydrogen) atoms. The second-order valence-corrected chi connectivity index (χ2v) is 2.65. The molecule has 1 radical (unpaired) electrons. The lowest BCUT2D eigenvalue weighted by Crippen LogP contribution is -1.75. The van der Waals surface area contributed by atoms with Crippen LogP contribution in [0.1, 0.15) is 38.5 Å². The summed E-state index contributed by atoms with van der Waals surface area (Å²) in [6, 6.07) is 0. The fourth-order valence-corrected chi connectivity index (χ4v) is 0.972. The molecule has 0 atom stereocenters. The summed E-state index contributed by atoms with van der Waals surface area (Å²) in [6.07, 6.45) is 11.2. The SMILES string of the molecule is [CH]=C=CCCCCCCC=C. The van der Waals surface area contributed by atoms with Gasteiger partial charge in [0, 0.05) is 0 Å². The molecule has 0 aliphatic rings. The molecule has 0 heterocycles. The molecule has 61 valence electrons. The van der Waals surface area contributed by atoms with E-state index in [9.17, 15) is 0 Å². The molecule has 0 aromatic carbocycles. The molecule has 0 nitrogen and oxygen atoms in total. The number of allylic oxidation sites excluding steroid dienone is 2. The summed E-state index contributed by atoms with van der Waals surface area (Å²) >= 11 is 0. The van der Waals surface area contributed by atoms with Gasteiger partial charge in [0.1, 0.15) is 0 Å². The first-order valence-corrected chi connectivity index (χ1v) is 4.30. The van der Waals surface area contributed by atoms with E-state index < -0.39 is 0 Å². The molecule has 0 unspecified atom stereocenters. The largest absolute Gasteiger partial charge is 0.125 e. The van der Waals surface area contributed by atoms with Crippen LogP contribution in [0, 0.1) is 6.58 Å². The number of hydrogen-bond acceptors (Lipinski definition) is 0. The summed E-state index contributed by atoms with van der Waals surface area (Å²) in [5, 5.41) is 0. The lowest BCUT2D eigenvalue weighted by molar-refractivity contribution is 0.653. The Labute approximate surface area is 70.3 Å². The Morgan fingerprint density at radius 1 is 1.09 bits per heavy atom. The van der Waals surface area contributed by atoms with E-state index in [1.165, 1.54) is 25.7 Å². The highest BCUT2D eigenvalue weighted by Crippen LogP contribution is 2.05. The minimum Gasteiger partial charge on any atom is -0.125 e. The van der Waals surface area contributed by atoms with E-state index >= 15 is 0 Å². The maximum atomic E-state index is 5.07. The maximum Gasteiger partial charge on any atom is -0.0126 e. The van der Waals surface area contributed by atoms with E-state index in [1.807, 2.05) is 12.2 Å². The average molecular weight is 149 g/mol. The molecule has 0 spiro atoms. The van der Waals surface area contributed by atoms with Gasteiger partial charge in [0.25, 0.3) is 0 Å². The van der Waals surface area contributed by atoms with E-state index in [4.69, 9.17) is 6.58 Å². The van der Waals surface area contributed by atoms with Crippen molar-refractivity contribution in [3.05, 3.63) is 31.0 Å². The Kier molecular flexibility index (Phi) is 8.64. The van der Waals surface area contributed by atoms with Crippen LogP contribution < -0.4 is 0 Å². The molecule has 0 aliphatic carbocycles. The summed E-state index contributed by atoms with van der Waals surface area (Å²) in [4.78, 5) is 0. The third kappa shape index (κ3) is 9.26. The van der Waals surface area contributed by atoms with Gasteiger partial charge in [-0.15, -0.1) is 12.3 Å². The Morgan fingerprint density at radius 3 is 2.27 bits per heavy atom. The van der Waals surface area contributed by atoms with Crippen LogP contribution in [0.4, 0.5) is 0 Å². The van der Waals surface area contributed by atoms with Crippen LogP contribution in [-0.2, 0) is 0 Å². The molecule has 0 amide bonds. The lowest BCUT2D eigenvalue weighted by Gasteiger charge is -1.95. The van der Waals surface area contributed by atoms with E-state index in [0.29, 0.717) is 0 Å². The van der Waals surface area contributed by atoms with E-state index in [0.717, 1.165) is 12.8 Å². The quantitative estimate of drug-likeness (QED) is 0.294. The second-order valence-electron chi connectivity index (χ2n) is 2.65. The monoisotopic (exact) mass is 149 g/mol. The van der Waals surface area contributed by atoms with Gasteiger partial charge < -0.3 is 0 Å². The van der Waals surface area contributed by atoms with Crippen molar-refractivity contribution in [3.8, 4) is 0 Å². The highest BCUT2D eigenvalue weighted by atomic mass is 13.9. The topological polar surface area (TPSA) is 0 Å². The molecular formula is C11H17. The number of unbranched alkanes of at least 4 members (excludes halogenated alkanes) is 5. The van der Waals surface area contributed by atoms with Gasteiger partial charge in [-0.05, 0) is 38.3 Å². The van der Waals surface area contributed by atoms with Crippen LogP contribution in [0.3, 0.4) is 0 Å². The fourth-order valence-electron chi connectivity index (χ4n) is 0.972. The van der Waals surface area contributed by atoms with Crippen molar-refractivity contribution < 1.29 is 0 Å². The zero-order valence-corrected chi connectivity index (χ0v) is 7.18. The maximum absolute atomic E-state index is 5.07. The van der Waals surface area contributed by atoms with E-state index in [2.05, 4.69) is 12.3 Å². The van der Waals surface area contributed by atoms with Crippen molar-refractivity contribution in [1.29, 1.82) is 0 Å². The Balaban J connectivity index is 2.90. The summed E-state index contributed by atoms with van der Waals surface area (Å²) in [5.41, 5.74) is 2.53. The smallest absolute Gasteiger partial charge is 0.0126 e. The Bertz CT molecular complexity index is 127. The van der Waals surface area contributed by atoms with Gasteiger partial charge in [0.2, 0.25) is 0 Å². The van der Waals surface area contributed by atoms with Crippen LogP contribution in [0.5, 0.6) is 0 Å². The summed E-state index contributed by atoms with van der Waals surface area (Å²) < 4.78 is 0. The van der Waals surface area contributed by atoms with Crippen LogP contribution in [0.2, 0.25) is 0 Å². The molecule has 0 aromatic heterocycles. The van der Waals surface area contributed by atoms with E-state index in [-0.39, 0.29) is 0 Å². The van der Waals surface area contributed by atoms with Crippen molar-refractivity contribution >= 4 is 0 Å². The molecule has 0 heteroatoms. The Morgan fingerprint density at radius 2 is 1.73 bits per heavy atom. The van der Waals surface area contributed by atoms with Gasteiger partial charge in [-0.3, -0.25) is 0 Å². The predicted molar refractivity (Wildman–Crippen MR) is 50.3 cm³/mol. The number of hydrogen-bond donors (Lipinski definition) is 0. The molecule has 0 N–H and O–H groups in total. The fraction of sp³-hybridized carbons (Fsp3) is 0.545. The van der Waals surface area contributed by atoms with Gasteiger partial charge in [0.15, 0.2) is 0 Å². The van der Waals surface area contributed by atoms with Crippen molar-refractivity contribution in [1.82, 2.24) is 0 Å². The van der Waals surface area contributed by atoms with Crippen LogP contribution >= 0.6 is 0 Å². The first-order chi connectivity index (χ1) is 5.41. The predicted octanol–water partition coefficient (Wildman–Crippen LogP) is 3.66. The minimum absolute atomic E-state index is 1.07. The third-order valence-electron chi connectivity index (χ3n) is 1.62. The number of rotatable bonds is 7. The molecule has 0 bridgehead atoms. The van der Waals surface area contributed by atoms with Crippen LogP contribution in [0.15, 0.2) is 24.5 Å². The highest BCUT2D eigenvalue weighted by molar-refractivity contribution is 4.73. The first-order valence-electron chi connectivity index (χ1n) is 4.30. The van der Waals surface area contributed by atoms with Gasteiger partial charge >= 0.3 is 0 Å².